The third kappa shape index (κ3) is 3.36. The highest BCUT2D eigenvalue weighted by Gasteiger charge is 2.24. The molecule has 1 aromatic rings. The van der Waals surface area contributed by atoms with Crippen LogP contribution in [-0.4, -0.2) is 37.1 Å². The first-order valence-electron chi connectivity index (χ1n) is 6.74. The molecule has 5 heteroatoms. The molecule has 2 N–H and O–H groups in total. The van der Waals surface area contributed by atoms with Crippen LogP contribution in [0.3, 0.4) is 0 Å². The fourth-order valence-corrected chi connectivity index (χ4v) is 2.64. The average Bonchev–Trinajstić information content (AvgIpc) is 2.86. The zero-order chi connectivity index (χ0) is 13.8. The second kappa shape index (κ2) is 6.21. The van der Waals surface area contributed by atoms with Crippen molar-refractivity contribution in [2.24, 2.45) is 11.7 Å². The fraction of sp³-hybridized carbons (Fsp3) is 0.643. The summed E-state index contributed by atoms with van der Waals surface area (Å²) in [6.07, 6.45) is 3.87. The van der Waals surface area contributed by atoms with Crippen LogP contribution in [0.1, 0.15) is 35.9 Å². The van der Waals surface area contributed by atoms with E-state index in [4.69, 9.17) is 14.9 Å². The predicted molar refractivity (Wildman–Crippen MR) is 71.7 cm³/mol. The molecule has 1 fully saturated rings. The van der Waals surface area contributed by atoms with Gasteiger partial charge in [0.2, 0.25) is 5.76 Å². The molecule has 2 heterocycles. The van der Waals surface area contributed by atoms with Gasteiger partial charge in [-0.3, -0.25) is 4.90 Å². The number of nitrogens with zero attached hydrogens (tertiary/aromatic N) is 1. The Morgan fingerprint density at radius 1 is 1.68 bits per heavy atom. The summed E-state index contributed by atoms with van der Waals surface area (Å²) in [6, 6.07) is 2.05. The first-order chi connectivity index (χ1) is 9.11. The molecule has 0 aromatic carbocycles. The second-order valence-corrected chi connectivity index (χ2v) is 5.26. The maximum absolute atomic E-state index is 11.6. The topological polar surface area (TPSA) is 68.7 Å². The normalized spacial score (nSPS) is 22.2. The van der Waals surface area contributed by atoms with E-state index in [1.54, 1.807) is 0 Å². The number of carbonyl (C=O) groups excluding carboxylic acids is 1. The number of methoxy groups -OCH3 is 1. The van der Waals surface area contributed by atoms with Crippen LogP contribution in [0.5, 0.6) is 0 Å². The third-order valence-electron chi connectivity index (χ3n) is 3.80. The molecule has 0 spiro atoms. The predicted octanol–water partition coefficient (Wildman–Crippen LogP) is 1.63. The highest BCUT2D eigenvalue weighted by Crippen LogP contribution is 2.22. The van der Waals surface area contributed by atoms with Crippen molar-refractivity contribution in [1.82, 2.24) is 4.90 Å². The monoisotopic (exact) mass is 266 g/mol. The highest BCUT2D eigenvalue weighted by atomic mass is 16.5. The minimum Gasteiger partial charge on any atom is -0.463 e. The van der Waals surface area contributed by atoms with Crippen molar-refractivity contribution < 1.29 is 13.9 Å². The number of ether oxygens (including phenoxy) is 1. The molecular weight excluding hydrogens is 244 g/mol. The Bertz CT molecular complexity index is 428. The van der Waals surface area contributed by atoms with E-state index in [1.807, 2.05) is 6.07 Å². The first-order valence-corrected chi connectivity index (χ1v) is 6.74. The van der Waals surface area contributed by atoms with Gasteiger partial charge >= 0.3 is 5.97 Å². The van der Waals surface area contributed by atoms with Crippen LogP contribution in [0.25, 0.3) is 0 Å². The maximum Gasteiger partial charge on any atom is 0.374 e. The Balaban J connectivity index is 2.01. The van der Waals surface area contributed by atoms with E-state index in [0.717, 1.165) is 25.1 Å². The van der Waals surface area contributed by atoms with E-state index >= 15 is 0 Å². The molecule has 0 saturated carbocycles. The molecule has 1 aliphatic heterocycles. The number of piperidine rings is 1. The second-order valence-electron chi connectivity index (χ2n) is 5.26. The zero-order valence-electron chi connectivity index (χ0n) is 11.6. The number of hydrogen-bond donors (Lipinski definition) is 1. The lowest BCUT2D eigenvalue weighted by Crippen LogP contribution is -2.42. The Labute approximate surface area is 113 Å². The van der Waals surface area contributed by atoms with Crippen molar-refractivity contribution in [3.8, 4) is 0 Å². The lowest BCUT2D eigenvalue weighted by atomic mass is 9.92. The number of carbonyl (C=O) groups is 1. The van der Waals surface area contributed by atoms with Crippen LogP contribution < -0.4 is 5.73 Å². The molecule has 1 aliphatic rings. The van der Waals surface area contributed by atoms with Gasteiger partial charge in [0.1, 0.15) is 0 Å². The number of furan rings is 1. The number of hydrogen-bond acceptors (Lipinski definition) is 5. The maximum atomic E-state index is 11.6. The van der Waals surface area contributed by atoms with E-state index < -0.39 is 5.97 Å². The lowest BCUT2D eigenvalue weighted by molar-refractivity contribution is 0.0560. The smallest absolute Gasteiger partial charge is 0.374 e. The van der Waals surface area contributed by atoms with Crippen LogP contribution in [0, 0.1) is 5.92 Å². The summed E-state index contributed by atoms with van der Waals surface area (Å²) in [7, 11) is 1.36. The third-order valence-corrected chi connectivity index (χ3v) is 3.80. The molecule has 0 radical (unpaired) electrons. The molecule has 106 valence electrons. The highest BCUT2D eigenvalue weighted by molar-refractivity contribution is 5.87. The van der Waals surface area contributed by atoms with Gasteiger partial charge in [-0.1, -0.05) is 0 Å². The average molecular weight is 266 g/mol. The van der Waals surface area contributed by atoms with Gasteiger partial charge in [0, 0.05) is 24.7 Å². The van der Waals surface area contributed by atoms with E-state index in [-0.39, 0.29) is 6.04 Å². The van der Waals surface area contributed by atoms with Crippen molar-refractivity contribution in [3.05, 3.63) is 23.7 Å². The number of rotatable bonds is 4. The van der Waals surface area contributed by atoms with Crippen LogP contribution >= 0.6 is 0 Å². The van der Waals surface area contributed by atoms with Crippen molar-refractivity contribution in [2.75, 3.05) is 20.2 Å². The van der Waals surface area contributed by atoms with Gasteiger partial charge in [-0.15, -0.1) is 0 Å². The Morgan fingerprint density at radius 2 is 2.47 bits per heavy atom. The summed E-state index contributed by atoms with van der Waals surface area (Å²) in [5, 5.41) is 0. The largest absolute Gasteiger partial charge is 0.463 e. The SMILES string of the molecule is COC(=O)c1occc1CN1CCCC(C(C)N)C1. The van der Waals surface area contributed by atoms with Crippen LogP contribution in [-0.2, 0) is 11.3 Å². The van der Waals surface area contributed by atoms with Crippen molar-refractivity contribution in [3.63, 3.8) is 0 Å². The van der Waals surface area contributed by atoms with Gasteiger partial charge in [-0.05, 0) is 38.3 Å². The number of likely N-dealkylation sites (tertiary alicyclic amines) is 1. The van der Waals surface area contributed by atoms with Gasteiger partial charge in [0.05, 0.1) is 13.4 Å². The molecule has 0 aliphatic carbocycles. The first kappa shape index (κ1) is 14.1. The molecule has 1 saturated heterocycles. The van der Waals surface area contributed by atoms with E-state index in [0.29, 0.717) is 18.2 Å². The minimum atomic E-state index is -0.416. The molecule has 0 bridgehead atoms. The van der Waals surface area contributed by atoms with Crippen LogP contribution in [0.15, 0.2) is 16.7 Å². The molecule has 2 unspecified atom stereocenters. The minimum absolute atomic E-state index is 0.215. The van der Waals surface area contributed by atoms with E-state index in [2.05, 4.69) is 11.8 Å². The Morgan fingerprint density at radius 3 is 3.16 bits per heavy atom. The summed E-state index contributed by atoms with van der Waals surface area (Å²) >= 11 is 0. The van der Waals surface area contributed by atoms with Gasteiger partial charge in [0.15, 0.2) is 0 Å². The molecule has 0 amide bonds. The van der Waals surface area contributed by atoms with E-state index in [1.165, 1.54) is 19.8 Å². The van der Waals surface area contributed by atoms with Gasteiger partial charge in [-0.25, -0.2) is 4.79 Å². The molecule has 5 nitrogen and oxygen atoms in total. The number of esters is 1. The van der Waals surface area contributed by atoms with Crippen LogP contribution in [0.4, 0.5) is 0 Å². The van der Waals surface area contributed by atoms with Crippen molar-refractivity contribution in [1.29, 1.82) is 0 Å². The Hall–Kier alpha value is -1.33. The van der Waals surface area contributed by atoms with Gasteiger partial charge < -0.3 is 14.9 Å². The van der Waals surface area contributed by atoms with Crippen LogP contribution in [0.2, 0.25) is 0 Å². The quantitative estimate of drug-likeness (QED) is 0.839. The summed E-state index contributed by atoms with van der Waals surface area (Å²) in [6.45, 7) is 4.79. The molecule has 19 heavy (non-hydrogen) atoms. The Kier molecular flexibility index (Phi) is 4.61. The molecule has 2 atom stereocenters. The lowest BCUT2D eigenvalue weighted by Gasteiger charge is -2.34. The summed E-state index contributed by atoms with van der Waals surface area (Å²) in [5.41, 5.74) is 6.87. The molecule has 1 aromatic heterocycles. The molecular formula is C14H22N2O3. The standard InChI is InChI=1S/C14H22N2O3/c1-10(15)11-4-3-6-16(8-11)9-12-5-7-19-13(12)14(17)18-2/h5,7,10-11H,3-4,6,8-9,15H2,1-2H3. The summed E-state index contributed by atoms with van der Waals surface area (Å²) in [4.78, 5) is 13.9. The fourth-order valence-electron chi connectivity index (χ4n) is 2.64. The van der Waals surface area contributed by atoms with E-state index in [9.17, 15) is 4.79 Å². The van der Waals surface area contributed by atoms with Gasteiger partial charge in [0.25, 0.3) is 0 Å². The van der Waals surface area contributed by atoms with Gasteiger partial charge in [-0.2, -0.15) is 0 Å². The molecule has 2 rings (SSSR count). The summed E-state index contributed by atoms with van der Waals surface area (Å²) < 4.78 is 9.92. The zero-order valence-corrected chi connectivity index (χ0v) is 11.6. The van der Waals surface area contributed by atoms with Crippen molar-refractivity contribution in [2.45, 2.75) is 32.4 Å². The van der Waals surface area contributed by atoms with Crippen molar-refractivity contribution >= 4 is 5.97 Å². The number of nitrogens with two attached hydrogens (primary N) is 1. The summed E-state index contributed by atoms with van der Waals surface area (Å²) in [5.74, 6) is 0.424.